The number of ether oxygens (including phenoxy) is 3. The number of hydrogen-bond donors (Lipinski definition) is 2. The summed E-state index contributed by atoms with van der Waals surface area (Å²) < 4.78 is 19.3. The highest BCUT2D eigenvalue weighted by Crippen LogP contribution is 2.58. The molecule has 0 unspecified atom stereocenters. The van der Waals surface area contributed by atoms with Crippen LogP contribution in [0.3, 0.4) is 0 Å². The first kappa shape index (κ1) is 25.7. The van der Waals surface area contributed by atoms with Gasteiger partial charge in [-0.15, -0.1) is 0 Å². The molecule has 2 aromatic heterocycles. The van der Waals surface area contributed by atoms with E-state index in [1.165, 1.54) is 5.57 Å². The number of anilines is 1. The van der Waals surface area contributed by atoms with Gasteiger partial charge < -0.3 is 24.5 Å². The minimum Gasteiger partial charge on any atom is -0.363 e. The monoisotopic (exact) mass is 520 g/mol. The highest BCUT2D eigenvalue weighted by Gasteiger charge is 2.68. The number of amides is 1. The van der Waals surface area contributed by atoms with E-state index in [0.717, 1.165) is 54.9 Å². The van der Waals surface area contributed by atoms with Crippen LogP contribution in [0.5, 0.6) is 0 Å². The number of rotatable bonds is 4. The van der Waals surface area contributed by atoms with Gasteiger partial charge in [0.25, 0.3) is 5.91 Å². The van der Waals surface area contributed by atoms with Crippen molar-refractivity contribution in [2.45, 2.75) is 116 Å². The number of imidazole rings is 1. The molecule has 8 heteroatoms. The highest BCUT2D eigenvalue weighted by molar-refractivity contribution is 6.03. The Bertz CT molecular complexity index is 1290. The van der Waals surface area contributed by atoms with Crippen LogP contribution in [0.1, 0.15) is 107 Å². The first-order chi connectivity index (χ1) is 17.8. The van der Waals surface area contributed by atoms with Crippen molar-refractivity contribution in [2.75, 3.05) is 5.32 Å². The lowest BCUT2D eigenvalue weighted by Crippen LogP contribution is -2.46. The van der Waals surface area contributed by atoms with Crippen LogP contribution in [0.25, 0.3) is 5.57 Å². The summed E-state index contributed by atoms with van der Waals surface area (Å²) in [6.07, 6.45) is 8.42. The quantitative estimate of drug-likeness (QED) is 0.521. The van der Waals surface area contributed by atoms with Crippen molar-refractivity contribution in [3.8, 4) is 0 Å². The number of aromatic nitrogens is 3. The van der Waals surface area contributed by atoms with Crippen molar-refractivity contribution >= 4 is 17.2 Å². The number of aromatic amines is 1. The average Bonchev–Trinajstić information content (AvgIpc) is 3.45. The van der Waals surface area contributed by atoms with Gasteiger partial charge in [0.15, 0.2) is 11.6 Å². The third-order valence-corrected chi connectivity index (χ3v) is 8.85. The molecular formula is C30H40N4O4. The van der Waals surface area contributed by atoms with Crippen LogP contribution in [0.15, 0.2) is 24.4 Å². The van der Waals surface area contributed by atoms with Gasteiger partial charge in [-0.3, -0.25) is 9.78 Å². The molecule has 2 N–H and O–H groups in total. The number of carbonyl (C=O) groups is 1. The van der Waals surface area contributed by atoms with Crippen molar-refractivity contribution in [3.05, 3.63) is 47.3 Å². The molecule has 2 aromatic rings. The molecule has 38 heavy (non-hydrogen) atoms. The maximum absolute atomic E-state index is 13.0. The Morgan fingerprint density at radius 2 is 1.71 bits per heavy atom. The van der Waals surface area contributed by atoms with Crippen LogP contribution < -0.4 is 5.32 Å². The zero-order valence-electron chi connectivity index (χ0n) is 23.6. The molecule has 204 valence electrons. The Balaban J connectivity index is 1.33. The molecule has 3 fully saturated rings. The van der Waals surface area contributed by atoms with Crippen LogP contribution in [0.4, 0.5) is 5.69 Å². The number of allylic oxidation sites excluding steroid dienone is 2. The molecule has 0 aromatic carbocycles. The lowest BCUT2D eigenvalue weighted by molar-refractivity contribution is -0.242. The number of pyridine rings is 1. The third kappa shape index (κ3) is 4.40. The first-order valence-electron chi connectivity index (χ1n) is 13.9. The van der Waals surface area contributed by atoms with E-state index < -0.39 is 17.0 Å². The summed E-state index contributed by atoms with van der Waals surface area (Å²) in [6.45, 7) is 14.7. The summed E-state index contributed by atoms with van der Waals surface area (Å²) in [5.74, 6) is -0.378. The molecule has 4 aliphatic rings. The Morgan fingerprint density at radius 1 is 1.03 bits per heavy atom. The van der Waals surface area contributed by atoms with E-state index >= 15 is 0 Å². The maximum atomic E-state index is 13.0. The molecule has 0 radical (unpaired) electrons. The van der Waals surface area contributed by atoms with Crippen LogP contribution >= 0.6 is 0 Å². The normalized spacial score (nSPS) is 35.0. The summed E-state index contributed by atoms with van der Waals surface area (Å²) in [7, 11) is 0. The first-order valence-corrected chi connectivity index (χ1v) is 13.9. The van der Waals surface area contributed by atoms with Crippen molar-refractivity contribution in [1.29, 1.82) is 0 Å². The Kier molecular flexibility index (Phi) is 5.73. The molecule has 8 nitrogen and oxygen atoms in total. The van der Waals surface area contributed by atoms with Gasteiger partial charge in [-0.2, -0.15) is 0 Å². The second kappa shape index (κ2) is 8.47. The number of aryl methyl sites for hydroxylation is 1. The topological polar surface area (TPSA) is 98.4 Å². The van der Waals surface area contributed by atoms with Gasteiger partial charge >= 0.3 is 0 Å². The molecular weight excluding hydrogens is 480 g/mol. The maximum Gasteiger partial charge on any atom is 0.291 e. The summed E-state index contributed by atoms with van der Waals surface area (Å²) in [5, 5.41) is 3.07. The second-order valence-electron chi connectivity index (χ2n) is 13.4. The summed E-state index contributed by atoms with van der Waals surface area (Å²) >= 11 is 0. The van der Waals surface area contributed by atoms with Crippen LogP contribution in [0, 0.1) is 12.3 Å². The van der Waals surface area contributed by atoms with Gasteiger partial charge in [0.05, 0.1) is 28.3 Å². The third-order valence-electron chi connectivity index (χ3n) is 8.85. The predicted molar refractivity (Wildman–Crippen MR) is 145 cm³/mol. The molecule has 0 spiro atoms. The van der Waals surface area contributed by atoms with Crippen LogP contribution in [0.2, 0.25) is 0 Å². The van der Waals surface area contributed by atoms with Gasteiger partial charge in [0.2, 0.25) is 0 Å². The van der Waals surface area contributed by atoms with Crippen molar-refractivity contribution in [3.63, 3.8) is 0 Å². The Labute approximate surface area is 225 Å². The molecule has 0 saturated carbocycles. The van der Waals surface area contributed by atoms with Gasteiger partial charge in [0, 0.05) is 17.8 Å². The summed E-state index contributed by atoms with van der Waals surface area (Å²) in [5.41, 5.74) is 3.94. The zero-order chi connectivity index (χ0) is 27.1. The fraction of sp³-hybridized carbons (Fsp3) is 0.633. The molecule has 5 heterocycles. The predicted octanol–water partition coefficient (Wildman–Crippen LogP) is 5.90. The smallest absolute Gasteiger partial charge is 0.291 e. The number of carbonyl (C=O) groups excluding carboxylic acids is 1. The van der Waals surface area contributed by atoms with E-state index in [4.69, 9.17) is 19.2 Å². The van der Waals surface area contributed by atoms with E-state index in [9.17, 15) is 4.79 Å². The SMILES string of the molecule is Cc1c[nH]c(C(=O)Nc2ccc([C@H]3C[C@@]4(C)O[C@@](C)(C3)[C@@H]3OC(C)(C)O[C@@H]34)nc2C2=CCC(C)(C)CC2)n1. The van der Waals surface area contributed by atoms with Gasteiger partial charge in [-0.05, 0) is 89.8 Å². The highest BCUT2D eigenvalue weighted by atomic mass is 16.8. The summed E-state index contributed by atoms with van der Waals surface area (Å²) in [4.78, 5) is 25.5. The average molecular weight is 521 g/mol. The molecule has 6 rings (SSSR count). The lowest BCUT2D eigenvalue weighted by atomic mass is 9.77. The standard InChI is InChI=1S/C30H40N4O4/c1-17-16-31-25(32-17)26(35)34-21-9-8-20(33-22(21)18-10-12-27(2,3)13-11-18)19-14-29(6)23-24(30(7,15-19)38-29)37-28(4,5)36-23/h8-10,16,19,23-24H,11-15H2,1-7H3,(H,31,32)(H,34,35)/t19-,23-,24+,29+,30-. The lowest BCUT2D eigenvalue weighted by Gasteiger charge is -2.43. The number of hydrogen-bond acceptors (Lipinski definition) is 6. The molecule has 3 aliphatic heterocycles. The van der Waals surface area contributed by atoms with Crippen LogP contribution in [-0.4, -0.2) is 50.1 Å². The number of H-pyrrole nitrogens is 1. The van der Waals surface area contributed by atoms with Crippen LogP contribution in [-0.2, 0) is 14.2 Å². The van der Waals surface area contributed by atoms with Gasteiger partial charge in [-0.25, -0.2) is 4.98 Å². The number of nitrogens with zero attached hydrogens (tertiary/aromatic N) is 2. The van der Waals surface area contributed by atoms with Crippen molar-refractivity contribution in [2.24, 2.45) is 5.41 Å². The molecule has 3 saturated heterocycles. The summed E-state index contributed by atoms with van der Waals surface area (Å²) in [6, 6.07) is 4.06. The van der Waals surface area contributed by atoms with E-state index in [2.05, 4.69) is 55.1 Å². The van der Waals surface area contributed by atoms with Gasteiger partial charge in [0.1, 0.15) is 12.2 Å². The second-order valence-corrected chi connectivity index (χ2v) is 13.4. The molecule has 1 aliphatic carbocycles. The van der Waals surface area contributed by atoms with E-state index in [0.29, 0.717) is 5.82 Å². The fourth-order valence-electron chi connectivity index (χ4n) is 6.93. The Morgan fingerprint density at radius 3 is 2.29 bits per heavy atom. The molecule has 2 bridgehead atoms. The zero-order valence-corrected chi connectivity index (χ0v) is 23.6. The fourth-order valence-corrected chi connectivity index (χ4v) is 6.93. The van der Waals surface area contributed by atoms with E-state index in [-0.39, 0.29) is 29.4 Å². The molecule has 5 atom stereocenters. The Hall–Kier alpha value is -2.55. The number of fused-ring (bicyclic) bond motifs is 5. The largest absolute Gasteiger partial charge is 0.363 e. The van der Waals surface area contributed by atoms with Crippen molar-refractivity contribution in [1.82, 2.24) is 15.0 Å². The van der Waals surface area contributed by atoms with E-state index in [1.807, 2.05) is 26.8 Å². The minimum absolute atomic E-state index is 0.106. The number of nitrogens with one attached hydrogen (secondary N) is 2. The van der Waals surface area contributed by atoms with E-state index in [1.54, 1.807) is 6.20 Å². The van der Waals surface area contributed by atoms with Gasteiger partial charge in [-0.1, -0.05) is 19.9 Å². The molecule has 1 amide bonds. The minimum atomic E-state index is -0.604. The van der Waals surface area contributed by atoms with Crippen molar-refractivity contribution < 1.29 is 19.0 Å².